The number of rotatable bonds is 10. The molecule has 0 unspecified atom stereocenters. The minimum Gasteiger partial charge on any atom is -0.454 e. The van der Waals surface area contributed by atoms with Gasteiger partial charge in [0.15, 0.2) is 5.76 Å². The number of aromatic nitrogens is 1. The molecule has 0 radical (unpaired) electrons. The summed E-state index contributed by atoms with van der Waals surface area (Å²) in [5, 5.41) is 0. The Kier molecular flexibility index (Phi) is 7.70. The summed E-state index contributed by atoms with van der Waals surface area (Å²) in [5.41, 5.74) is 1.05. The average Bonchev–Trinajstić information content (AvgIpc) is 3.31. The highest BCUT2D eigenvalue weighted by Crippen LogP contribution is 2.15. The number of carbonyl (C=O) groups excluding carboxylic acids is 2. The third-order valence-electron chi connectivity index (χ3n) is 4.67. The fourth-order valence-electron chi connectivity index (χ4n) is 3.14. The summed E-state index contributed by atoms with van der Waals surface area (Å²) in [5.74, 6) is 1.18. The van der Waals surface area contributed by atoms with E-state index in [9.17, 15) is 9.59 Å². The normalized spacial score (nSPS) is 10.8. The second kappa shape index (κ2) is 10.00. The van der Waals surface area contributed by atoms with Crippen LogP contribution in [0.1, 0.15) is 62.5 Å². The molecule has 2 aromatic heterocycles. The van der Waals surface area contributed by atoms with Crippen LogP contribution in [0.2, 0.25) is 0 Å². The Balaban J connectivity index is 2.10. The Labute approximate surface area is 161 Å². The van der Waals surface area contributed by atoms with Crippen LogP contribution in [-0.2, 0) is 17.9 Å². The molecule has 2 aromatic rings. The van der Waals surface area contributed by atoms with E-state index in [1.807, 2.05) is 50.1 Å². The fourth-order valence-corrected chi connectivity index (χ4v) is 3.14. The number of furan rings is 1. The van der Waals surface area contributed by atoms with Crippen molar-refractivity contribution in [2.75, 3.05) is 19.6 Å². The van der Waals surface area contributed by atoms with E-state index in [2.05, 4.69) is 11.5 Å². The molecule has 2 rings (SSSR count). The molecule has 27 heavy (non-hydrogen) atoms. The molecule has 0 saturated carbocycles. The van der Waals surface area contributed by atoms with Gasteiger partial charge in [0.05, 0.1) is 13.1 Å². The maximum absolute atomic E-state index is 12.4. The Morgan fingerprint density at radius 3 is 2.41 bits per heavy atom. The molecule has 0 bridgehead atoms. The van der Waals surface area contributed by atoms with E-state index >= 15 is 0 Å². The molecule has 0 aliphatic carbocycles. The van der Waals surface area contributed by atoms with Crippen LogP contribution in [0.15, 0.2) is 34.9 Å². The summed E-state index contributed by atoms with van der Waals surface area (Å²) in [7, 11) is 0. The van der Waals surface area contributed by atoms with E-state index in [-0.39, 0.29) is 11.8 Å². The van der Waals surface area contributed by atoms with Gasteiger partial charge in [0.25, 0.3) is 5.91 Å². The highest BCUT2D eigenvalue weighted by Gasteiger charge is 2.18. The van der Waals surface area contributed by atoms with E-state index in [0.717, 1.165) is 24.4 Å². The Bertz CT molecular complexity index is 743. The zero-order valence-electron chi connectivity index (χ0n) is 16.9. The zero-order valence-corrected chi connectivity index (χ0v) is 16.9. The van der Waals surface area contributed by atoms with Gasteiger partial charge in [-0.05, 0) is 44.5 Å². The number of nitrogens with zero attached hydrogens (tertiary/aromatic N) is 3. The van der Waals surface area contributed by atoms with Gasteiger partial charge in [0, 0.05) is 37.9 Å². The molecule has 2 heterocycles. The van der Waals surface area contributed by atoms with E-state index in [0.29, 0.717) is 38.4 Å². The molecule has 148 valence electrons. The molecular formula is C21H31N3O3. The summed E-state index contributed by atoms with van der Waals surface area (Å²) in [6.45, 7) is 11.1. The molecule has 0 N–H and O–H groups in total. The van der Waals surface area contributed by atoms with Crippen LogP contribution in [-0.4, -0.2) is 45.8 Å². The van der Waals surface area contributed by atoms with Crippen LogP contribution in [0.3, 0.4) is 0 Å². The van der Waals surface area contributed by atoms with Gasteiger partial charge >= 0.3 is 0 Å². The van der Waals surface area contributed by atoms with Crippen molar-refractivity contribution < 1.29 is 14.0 Å². The van der Waals surface area contributed by atoms with Crippen LogP contribution < -0.4 is 0 Å². The Hall–Kier alpha value is -2.50. The lowest BCUT2D eigenvalue weighted by molar-refractivity contribution is -0.131. The molecule has 6 heteroatoms. The molecule has 0 atom stereocenters. The first-order chi connectivity index (χ1) is 13.0. The van der Waals surface area contributed by atoms with Gasteiger partial charge in [-0.2, -0.15) is 0 Å². The van der Waals surface area contributed by atoms with E-state index in [4.69, 9.17) is 4.42 Å². The van der Waals surface area contributed by atoms with Gasteiger partial charge in [-0.15, -0.1) is 0 Å². The van der Waals surface area contributed by atoms with Crippen LogP contribution in [0.5, 0.6) is 0 Å². The predicted octanol–water partition coefficient (Wildman–Crippen LogP) is 3.76. The van der Waals surface area contributed by atoms with Gasteiger partial charge in [0.1, 0.15) is 5.76 Å². The smallest absolute Gasteiger partial charge is 0.289 e. The third kappa shape index (κ3) is 5.25. The highest BCUT2D eigenvalue weighted by molar-refractivity contribution is 5.91. The minimum absolute atomic E-state index is 0.0818. The van der Waals surface area contributed by atoms with Gasteiger partial charge in [-0.3, -0.25) is 9.59 Å². The summed E-state index contributed by atoms with van der Waals surface area (Å²) in [6.07, 6.45) is 3.42. The van der Waals surface area contributed by atoms with Crippen LogP contribution in [0.25, 0.3) is 0 Å². The Morgan fingerprint density at radius 1 is 1.04 bits per heavy atom. The molecule has 0 saturated heterocycles. The van der Waals surface area contributed by atoms with Crippen LogP contribution in [0.4, 0.5) is 0 Å². The van der Waals surface area contributed by atoms with Crippen molar-refractivity contribution >= 4 is 11.8 Å². The van der Waals surface area contributed by atoms with Gasteiger partial charge < -0.3 is 18.8 Å². The van der Waals surface area contributed by atoms with Gasteiger partial charge in [-0.1, -0.05) is 13.8 Å². The lowest BCUT2D eigenvalue weighted by atomic mass is 10.3. The third-order valence-corrected chi connectivity index (χ3v) is 4.67. The van der Waals surface area contributed by atoms with Crippen molar-refractivity contribution in [1.29, 1.82) is 0 Å². The molecule has 0 aromatic carbocycles. The molecule has 0 spiro atoms. The van der Waals surface area contributed by atoms with Crippen molar-refractivity contribution in [2.24, 2.45) is 0 Å². The number of carbonyl (C=O) groups is 2. The molecular weight excluding hydrogens is 342 g/mol. The summed E-state index contributed by atoms with van der Waals surface area (Å²) >= 11 is 0. The largest absolute Gasteiger partial charge is 0.454 e. The molecule has 6 nitrogen and oxygen atoms in total. The van der Waals surface area contributed by atoms with Crippen LogP contribution >= 0.6 is 0 Å². The predicted molar refractivity (Wildman–Crippen MR) is 105 cm³/mol. The zero-order chi connectivity index (χ0) is 19.8. The first-order valence-electron chi connectivity index (χ1n) is 9.83. The topological polar surface area (TPSA) is 58.7 Å². The standard InChI is InChI=1S/C21H31N3O3/c1-5-13-24(20(25)6-2)15-17-10-9-14-23(17)16-18-11-12-19(27-18)21(26)22(7-3)8-4/h9-12,14H,5-8,13,15-16H2,1-4H3. The second-order valence-corrected chi connectivity index (χ2v) is 6.54. The van der Waals surface area contributed by atoms with E-state index in [1.54, 1.807) is 11.0 Å². The summed E-state index contributed by atoms with van der Waals surface area (Å²) in [6, 6.07) is 7.59. The summed E-state index contributed by atoms with van der Waals surface area (Å²) in [4.78, 5) is 28.2. The van der Waals surface area contributed by atoms with Crippen LogP contribution in [0, 0.1) is 0 Å². The molecule has 0 fully saturated rings. The maximum Gasteiger partial charge on any atom is 0.289 e. The second-order valence-electron chi connectivity index (χ2n) is 6.54. The van der Waals surface area contributed by atoms with Crippen molar-refractivity contribution in [3.63, 3.8) is 0 Å². The van der Waals surface area contributed by atoms with Crippen molar-refractivity contribution in [2.45, 2.75) is 53.6 Å². The van der Waals surface area contributed by atoms with Gasteiger partial charge in [0.2, 0.25) is 5.91 Å². The number of hydrogen-bond acceptors (Lipinski definition) is 3. The first kappa shape index (κ1) is 20.8. The quantitative estimate of drug-likeness (QED) is 0.637. The number of amides is 2. The van der Waals surface area contributed by atoms with Gasteiger partial charge in [-0.25, -0.2) is 0 Å². The summed E-state index contributed by atoms with van der Waals surface area (Å²) < 4.78 is 7.85. The molecule has 0 aliphatic heterocycles. The van der Waals surface area contributed by atoms with Crippen molar-refractivity contribution in [1.82, 2.24) is 14.4 Å². The Morgan fingerprint density at radius 2 is 1.78 bits per heavy atom. The highest BCUT2D eigenvalue weighted by atomic mass is 16.4. The van der Waals surface area contributed by atoms with E-state index < -0.39 is 0 Å². The van der Waals surface area contributed by atoms with E-state index in [1.165, 1.54) is 0 Å². The lowest BCUT2D eigenvalue weighted by Crippen LogP contribution is -2.31. The first-order valence-corrected chi connectivity index (χ1v) is 9.83. The molecule has 0 aliphatic rings. The van der Waals surface area contributed by atoms with Crippen molar-refractivity contribution in [3.05, 3.63) is 47.7 Å². The lowest BCUT2D eigenvalue weighted by Gasteiger charge is -2.22. The SMILES string of the molecule is CCCN(Cc1cccn1Cc1ccc(C(=O)N(CC)CC)o1)C(=O)CC. The number of hydrogen-bond donors (Lipinski definition) is 0. The monoisotopic (exact) mass is 373 g/mol. The fraction of sp³-hybridized carbons (Fsp3) is 0.524. The average molecular weight is 373 g/mol. The van der Waals surface area contributed by atoms with Crippen molar-refractivity contribution in [3.8, 4) is 0 Å². The molecule has 2 amide bonds. The maximum atomic E-state index is 12.4. The minimum atomic E-state index is -0.0818.